The van der Waals surface area contributed by atoms with E-state index in [0.717, 1.165) is 80.1 Å². The van der Waals surface area contributed by atoms with Crippen molar-refractivity contribution < 1.29 is 4.79 Å². The van der Waals surface area contributed by atoms with E-state index >= 15 is 0 Å². The number of hydrogen-bond donors (Lipinski definition) is 1. The van der Waals surface area contributed by atoms with Gasteiger partial charge < -0.3 is 15.1 Å². The van der Waals surface area contributed by atoms with Crippen molar-refractivity contribution in [3.05, 3.63) is 47.5 Å². The minimum atomic E-state index is 0.125. The third-order valence-corrected chi connectivity index (χ3v) is 6.63. The van der Waals surface area contributed by atoms with Crippen molar-refractivity contribution >= 4 is 22.6 Å². The number of nitrogens with one attached hydrogen (secondary N) is 1. The van der Waals surface area contributed by atoms with Gasteiger partial charge in [0, 0.05) is 44.7 Å². The number of aromatic nitrogens is 4. The molecule has 1 amide bonds. The molecule has 162 valence electrons. The lowest BCUT2D eigenvalue weighted by atomic mass is 9.94. The first kappa shape index (κ1) is 19.9. The summed E-state index contributed by atoms with van der Waals surface area (Å²) < 4.78 is 2.02. The Bertz CT molecular complexity index is 1100. The number of nitrogens with zero attached hydrogens (tertiary/aromatic N) is 6. The molecule has 1 atom stereocenters. The maximum absolute atomic E-state index is 13.1. The van der Waals surface area contributed by atoms with E-state index in [1.54, 1.807) is 12.5 Å². The summed E-state index contributed by atoms with van der Waals surface area (Å²) in [6.45, 7) is 7.17. The Kier molecular flexibility index (Phi) is 5.31. The molecule has 1 N–H and O–H groups in total. The maximum atomic E-state index is 13.1. The van der Waals surface area contributed by atoms with Gasteiger partial charge >= 0.3 is 0 Å². The molecule has 5 rings (SSSR count). The van der Waals surface area contributed by atoms with Crippen molar-refractivity contribution in [1.29, 1.82) is 0 Å². The molecule has 8 heteroatoms. The molecule has 3 aromatic rings. The van der Waals surface area contributed by atoms with Gasteiger partial charge in [-0.05, 0) is 44.4 Å². The Hall–Kier alpha value is -3.00. The SMILES string of the molecule is Cc1cccc2ncnc(NC[C@@H]3CCn4ncc(C(=O)N5CCN(C)CC5)c4C3)c12. The highest BCUT2D eigenvalue weighted by molar-refractivity contribution is 5.95. The zero-order valence-corrected chi connectivity index (χ0v) is 18.2. The van der Waals surface area contributed by atoms with Gasteiger partial charge in [-0.15, -0.1) is 0 Å². The van der Waals surface area contributed by atoms with Crippen LogP contribution in [0.2, 0.25) is 0 Å². The van der Waals surface area contributed by atoms with Gasteiger partial charge in [-0.2, -0.15) is 5.10 Å². The average molecular weight is 420 g/mol. The molecule has 4 heterocycles. The molecule has 1 saturated heterocycles. The normalized spacial score (nSPS) is 19.4. The number of carbonyl (C=O) groups excluding carboxylic acids is 1. The standard InChI is InChI=1S/C23H29N7O/c1-16-4-3-5-19-21(16)22(26-15-25-19)24-13-17-6-7-30-20(12-17)18(14-27-30)23(31)29-10-8-28(2)9-11-29/h3-5,14-15,17H,6-13H2,1-2H3,(H,24,25,26)/t17-/m1/s1. The summed E-state index contributed by atoms with van der Waals surface area (Å²) in [7, 11) is 2.10. The first-order valence-electron chi connectivity index (χ1n) is 11.1. The zero-order valence-electron chi connectivity index (χ0n) is 18.2. The molecule has 0 aliphatic carbocycles. The van der Waals surface area contributed by atoms with Gasteiger partial charge in [-0.1, -0.05) is 12.1 Å². The van der Waals surface area contributed by atoms with E-state index in [-0.39, 0.29) is 5.91 Å². The van der Waals surface area contributed by atoms with Gasteiger partial charge in [0.15, 0.2) is 0 Å². The van der Waals surface area contributed by atoms with Crippen LogP contribution in [0.15, 0.2) is 30.7 Å². The first-order valence-corrected chi connectivity index (χ1v) is 11.1. The number of hydrogen-bond acceptors (Lipinski definition) is 6. The Balaban J connectivity index is 1.29. The highest BCUT2D eigenvalue weighted by Gasteiger charge is 2.29. The smallest absolute Gasteiger partial charge is 0.257 e. The van der Waals surface area contributed by atoms with Crippen LogP contribution < -0.4 is 5.32 Å². The van der Waals surface area contributed by atoms with Crippen LogP contribution in [-0.2, 0) is 13.0 Å². The van der Waals surface area contributed by atoms with Crippen LogP contribution in [0, 0.1) is 12.8 Å². The molecule has 0 unspecified atom stereocenters. The highest BCUT2D eigenvalue weighted by atomic mass is 16.2. The summed E-state index contributed by atoms with van der Waals surface area (Å²) in [4.78, 5) is 26.2. The minimum absolute atomic E-state index is 0.125. The molecule has 1 aromatic carbocycles. The van der Waals surface area contributed by atoms with Crippen LogP contribution in [0.3, 0.4) is 0 Å². The quantitative estimate of drug-likeness (QED) is 0.699. The number of rotatable bonds is 4. The number of anilines is 1. The fraction of sp³-hybridized carbons (Fsp3) is 0.478. The average Bonchev–Trinajstić information content (AvgIpc) is 3.21. The molecule has 2 aliphatic heterocycles. The van der Waals surface area contributed by atoms with E-state index in [0.29, 0.717) is 5.92 Å². The molecule has 0 spiro atoms. The molecule has 1 fully saturated rings. The molecule has 31 heavy (non-hydrogen) atoms. The van der Waals surface area contributed by atoms with Crippen molar-refractivity contribution in [2.45, 2.75) is 26.3 Å². The third kappa shape index (κ3) is 3.87. The summed E-state index contributed by atoms with van der Waals surface area (Å²) in [5, 5.41) is 9.15. The van der Waals surface area contributed by atoms with Crippen LogP contribution in [0.5, 0.6) is 0 Å². The van der Waals surface area contributed by atoms with Crippen LogP contribution in [0.25, 0.3) is 10.9 Å². The Labute approximate surface area is 182 Å². The molecule has 0 radical (unpaired) electrons. The highest BCUT2D eigenvalue weighted by Crippen LogP contribution is 2.27. The van der Waals surface area contributed by atoms with Crippen molar-refractivity contribution in [2.75, 3.05) is 45.1 Å². The van der Waals surface area contributed by atoms with Gasteiger partial charge in [0.05, 0.1) is 23.0 Å². The minimum Gasteiger partial charge on any atom is -0.369 e. The van der Waals surface area contributed by atoms with Gasteiger partial charge in [0.1, 0.15) is 12.1 Å². The summed E-state index contributed by atoms with van der Waals surface area (Å²) >= 11 is 0. The van der Waals surface area contributed by atoms with E-state index in [4.69, 9.17) is 0 Å². The van der Waals surface area contributed by atoms with Gasteiger partial charge in [-0.25, -0.2) is 9.97 Å². The fourth-order valence-electron chi connectivity index (χ4n) is 4.69. The molecular weight excluding hydrogens is 390 g/mol. The van der Waals surface area contributed by atoms with E-state index < -0.39 is 0 Å². The van der Waals surface area contributed by atoms with Crippen LogP contribution in [0.1, 0.15) is 28.0 Å². The summed E-state index contributed by atoms with van der Waals surface area (Å²) in [5.74, 6) is 1.44. The second kappa shape index (κ2) is 8.26. The molecular formula is C23H29N7O. The molecule has 0 bridgehead atoms. The largest absolute Gasteiger partial charge is 0.369 e. The lowest BCUT2D eigenvalue weighted by Gasteiger charge is -2.32. The number of carbonyl (C=O) groups is 1. The predicted octanol–water partition coefficient (Wildman–Crippen LogP) is 2.20. The summed E-state index contributed by atoms with van der Waals surface area (Å²) in [6, 6.07) is 6.13. The fourth-order valence-corrected chi connectivity index (χ4v) is 4.69. The monoisotopic (exact) mass is 419 g/mol. The van der Waals surface area contributed by atoms with Crippen LogP contribution in [0.4, 0.5) is 5.82 Å². The molecule has 2 aromatic heterocycles. The van der Waals surface area contributed by atoms with Gasteiger partial charge in [-0.3, -0.25) is 9.48 Å². The predicted molar refractivity (Wildman–Crippen MR) is 120 cm³/mol. The topological polar surface area (TPSA) is 79.2 Å². The molecule has 2 aliphatic rings. The Morgan fingerprint density at radius 2 is 2.00 bits per heavy atom. The third-order valence-electron chi connectivity index (χ3n) is 6.63. The number of aryl methyl sites for hydroxylation is 2. The number of benzene rings is 1. The zero-order chi connectivity index (χ0) is 21.4. The van der Waals surface area contributed by atoms with Crippen LogP contribution in [-0.4, -0.2) is 75.2 Å². The van der Waals surface area contributed by atoms with Crippen molar-refractivity contribution in [2.24, 2.45) is 5.92 Å². The summed E-state index contributed by atoms with van der Waals surface area (Å²) in [5.41, 5.74) is 3.98. The number of fused-ring (bicyclic) bond motifs is 2. The van der Waals surface area contributed by atoms with Crippen molar-refractivity contribution in [1.82, 2.24) is 29.5 Å². The van der Waals surface area contributed by atoms with E-state index in [1.165, 1.54) is 5.56 Å². The Morgan fingerprint density at radius 3 is 2.84 bits per heavy atom. The van der Waals surface area contributed by atoms with E-state index in [9.17, 15) is 4.79 Å². The van der Waals surface area contributed by atoms with Crippen molar-refractivity contribution in [3.8, 4) is 0 Å². The lowest BCUT2D eigenvalue weighted by molar-refractivity contribution is 0.0662. The van der Waals surface area contributed by atoms with Gasteiger partial charge in [0.25, 0.3) is 5.91 Å². The van der Waals surface area contributed by atoms with E-state index in [2.05, 4.69) is 45.3 Å². The number of amides is 1. The van der Waals surface area contributed by atoms with E-state index in [1.807, 2.05) is 21.7 Å². The summed E-state index contributed by atoms with van der Waals surface area (Å²) in [6.07, 6.45) is 5.27. The number of piperazine rings is 1. The molecule has 0 saturated carbocycles. The lowest BCUT2D eigenvalue weighted by Crippen LogP contribution is -2.47. The van der Waals surface area contributed by atoms with Crippen molar-refractivity contribution in [3.63, 3.8) is 0 Å². The Morgan fingerprint density at radius 1 is 1.16 bits per heavy atom. The second-order valence-electron chi connectivity index (χ2n) is 8.75. The second-order valence-corrected chi connectivity index (χ2v) is 8.75. The number of likely N-dealkylation sites (N-methyl/N-ethyl adjacent to an activating group) is 1. The van der Waals surface area contributed by atoms with Crippen LogP contribution >= 0.6 is 0 Å². The van der Waals surface area contributed by atoms with Gasteiger partial charge in [0.2, 0.25) is 0 Å². The maximum Gasteiger partial charge on any atom is 0.257 e. The first-order chi connectivity index (χ1) is 15.1. The molecule has 8 nitrogen and oxygen atoms in total.